The molecule has 0 spiro atoms. The molecule has 0 aliphatic carbocycles. The van der Waals surface area contributed by atoms with E-state index >= 15 is 0 Å². The molecule has 0 bridgehead atoms. The summed E-state index contributed by atoms with van der Waals surface area (Å²) in [5.74, 6) is 0.0511. The number of benzene rings is 2. The number of rotatable bonds is 4. The molecule has 33 heavy (non-hydrogen) atoms. The molecule has 180 valence electrons. The lowest BCUT2D eigenvalue weighted by molar-refractivity contribution is -0.116. The maximum absolute atomic E-state index is 11.5. The smallest absolute Gasteiger partial charge is 0.261 e. The first-order chi connectivity index (χ1) is 15.4. The third kappa shape index (κ3) is 7.35. The summed E-state index contributed by atoms with van der Waals surface area (Å²) in [5.41, 5.74) is 4.19. The van der Waals surface area contributed by atoms with Gasteiger partial charge >= 0.3 is 0 Å². The zero-order valence-electron chi connectivity index (χ0n) is 19.0. The van der Waals surface area contributed by atoms with Gasteiger partial charge in [-0.25, -0.2) is 0 Å². The first kappa shape index (κ1) is 25.3. The Morgan fingerprint density at radius 3 is 2.42 bits per heavy atom. The zero-order chi connectivity index (χ0) is 24.2. The molecule has 1 saturated heterocycles. The number of nitrogens with one attached hydrogen (secondary N) is 1. The van der Waals surface area contributed by atoms with E-state index in [1.165, 1.54) is 0 Å². The van der Waals surface area contributed by atoms with Crippen molar-refractivity contribution in [2.75, 3.05) is 31.2 Å². The number of anilines is 1. The van der Waals surface area contributed by atoms with Crippen molar-refractivity contribution in [2.45, 2.75) is 44.3 Å². The van der Waals surface area contributed by atoms with Crippen LogP contribution in [0.25, 0.3) is 0 Å². The highest BCUT2D eigenvalue weighted by Gasteiger charge is 2.34. The van der Waals surface area contributed by atoms with Crippen molar-refractivity contribution in [3.05, 3.63) is 64.7 Å². The minimum absolute atomic E-state index is 0.0511. The monoisotopic (exact) mass is 476 g/mol. The third-order valence-corrected chi connectivity index (χ3v) is 6.08. The van der Waals surface area contributed by atoms with Crippen LogP contribution in [0.5, 0.6) is 0 Å². The van der Waals surface area contributed by atoms with Gasteiger partial charge in [-0.2, -0.15) is 8.42 Å². The van der Waals surface area contributed by atoms with Crippen molar-refractivity contribution in [1.82, 2.24) is 4.90 Å². The third-order valence-electron chi connectivity index (χ3n) is 6.08. The zero-order valence-corrected chi connectivity index (χ0v) is 19.8. The van der Waals surface area contributed by atoms with Crippen LogP contribution in [0.1, 0.15) is 47.6 Å². The lowest BCUT2D eigenvalue weighted by Gasteiger charge is -2.39. The van der Waals surface area contributed by atoms with Crippen LogP contribution >= 0.6 is 0 Å². The second-order valence-electron chi connectivity index (χ2n) is 8.92. The second-order valence-corrected chi connectivity index (χ2v) is 10.4. The Morgan fingerprint density at radius 2 is 1.79 bits per heavy atom. The standard InChI is InChI=1S/C23H28N2O3.CH4O3S/c1-16-3-2-4-19(13-16)23(28)9-11-25(12-10-23)15-21(26)18-5-7-20-17(14-18)6-8-22(27)24-20;1-5(2,3)4/h2-5,7,13-14,21,26,28H,6,8-12,15H2,1H3,(H,24,27);1H3,(H,2,3,4). The van der Waals surface area contributed by atoms with Crippen LogP contribution in [0.4, 0.5) is 5.69 Å². The number of aliphatic hydroxyl groups is 2. The highest BCUT2D eigenvalue weighted by atomic mass is 32.2. The van der Waals surface area contributed by atoms with Crippen LogP contribution in [0.2, 0.25) is 0 Å². The Labute approximate surface area is 195 Å². The Balaban J connectivity index is 0.000000555. The molecule has 0 radical (unpaired) electrons. The van der Waals surface area contributed by atoms with Crippen LogP contribution in [0.3, 0.4) is 0 Å². The molecule has 2 aromatic rings. The Morgan fingerprint density at radius 1 is 1.12 bits per heavy atom. The van der Waals surface area contributed by atoms with E-state index in [1.54, 1.807) is 0 Å². The van der Waals surface area contributed by atoms with Crippen molar-refractivity contribution >= 4 is 21.7 Å². The van der Waals surface area contributed by atoms with E-state index in [9.17, 15) is 23.4 Å². The molecule has 2 aliphatic rings. The number of carbonyl (C=O) groups excluding carboxylic acids is 1. The number of nitrogens with zero attached hydrogens (tertiary/aromatic N) is 1. The van der Waals surface area contributed by atoms with Crippen LogP contribution < -0.4 is 5.32 Å². The second kappa shape index (κ2) is 10.3. The largest absolute Gasteiger partial charge is 0.387 e. The fourth-order valence-electron chi connectivity index (χ4n) is 4.29. The Bertz CT molecular complexity index is 1090. The number of likely N-dealkylation sites (tertiary alicyclic amines) is 1. The van der Waals surface area contributed by atoms with Gasteiger partial charge in [-0.05, 0) is 48.9 Å². The van der Waals surface area contributed by atoms with E-state index in [-0.39, 0.29) is 5.91 Å². The van der Waals surface area contributed by atoms with Gasteiger partial charge in [-0.1, -0.05) is 42.0 Å². The summed E-state index contributed by atoms with van der Waals surface area (Å²) in [6.07, 6.45) is 2.69. The number of hydrogen-bond acceptors (Lipinski definition) is 6. The maximum Gasteiger partial charge on any atom is 0.261 e. The van der Waals surface area contributed by atoms with Gasteiger partial charge in [-0.15, -0.1) is 0 Å². The summed E-state index contributed by atoms with van der Waals surface area (Å²) >= 11 is 0. The van der Waals surface area contributed by atoms with Gasteiger partial charge in [0.15, 0.2) is 0 Å². The van der Waals surface area contributed by atoms with E-state index in [1.807, 2.05) is 43.3 Å². The van der Waals surface area contributed by atoms with Crippen molar-refractivity contribution in [2.24, 2.45) is 0 Å². The molecule has 2 aromatic carbocycles. The number of fused-ring (bicyclic) bond motifs is 1. The molecule has 8 nitrogen and oxygen atoms in total. The van der Waals surface area contributed by atoms with Crippen LogP contribution in [-0.4, -0.2) is 59.9 Å². The average molecular weight is 477 g/mol. The highest BCUT2D eigenvalue weighted by Crippen LogP contribution is 2.34. The molecular weight excluding hydrogens is 444 g/mol. The minimum Gasteiger partial charge on any atom is -0.387 e. The van der Waals surface area contributed by atoms with Gasteiger partial charge in [0.2, 0.25) is 5.91 Å². The first-order valence-electron chi connectivity index (χ1n) is 11.0. The van der Waals surface area contributed by atoms with E-state index < -0.39 is 21.8 Å². The number of piperidine rings is 1. The molecule has 9 heteroatoms. The number of amides is 1. The predicted octanol–water partition coefficient (Wildman–Crippen LogP) is 2.40. The fraction of sp³-hybridized carbons (Fsp3) is 0.458. The van der Waals surface area contributed by atoms with E-state index in [0.29, 0.717) is 32.1 Å². The van der Waals surface area contributed by atoms with Gasteiger partial charge in [0.05, 0.1) is 18.0 Å². The van der Waals surface area contributed by atoms with Crippen LogP contribution in [0, 0.1) is 6.92 Å². The molecule has 4 N–H and O–H groups in total. The lowest BCUT2D eigenvalue weighted by Crippen LogP contribution is -2.44. The van der Waals surface area contributed by atoms with Crippen molar-refractivity contribution in [1.29, 1.82) is 0 Å². The topological polar surface area (TPSA) is 127 Å². The van der Waals surface area contributed by atoms with Crippen LogP contribution in [0.15, 0.2) is 42.5 Å². The van der Waals surface area contributed by atoms with Gasteiger partial charge in [0, 0.05) is 31.7 Å². The molecule has 4 rings (SSSR count). The van der Waals surface area contributed by atoms with Crippen molar-refractivity contribution in [3.63, 3.8) is 0 Å². The maximum atomic E-state index is 11.5. The molecule has 1 amide bonds. The van der Waals surface area contributed by atoms with Crippen molar-refractivity contribution in [3.8, 4) is 0 Å². The molecule has 2 aliphatic heterocycles. The summed E-state index contributed by atoms with van der Waals surface area (Å²) in [6.45, 7) is 4.10. The number of carbonyl (C=O) groups is 1. The van der Waals surface area contributed by atoms with E-state index in [2.05, 4.69) is 16.3 Å². The Hall–Kier alpha value is -2.30. The fourth-order valence-corrected chi connectivity index (χ4v) is 4.29. The van der Waals surface area contributed by atoms with E-state index in [4.69, 9.17) is 4.55 Å². The summed E-state index contributed by atoms with van der Waals surface area (Å²) in [5, 5.41) is 24.7. The van der Waals surface area contributed by atoms with E-state index in [0.717, 1.165) is 47.5 Å². The first-order valence-corrected chi connectivity index (χ1v) is 12.8. The number of aryl methyl sites for hydroxylation is 2. The molecular formula is C24H32N2O6S. The lowest BCUT2D eigenvalue weighted by atomic mass is 9.83. The molecule has 0 saturated carbocycles. The summed E-state index contributed by atoms with van der Waals surface area (Å²) < 4.78 is 25.9. The normalized spacial score (nSPS) is 19.0. The van der Waals surface area contributed by atoms with Gasteiger partial charge < -0.3 is 20.4 Å². The molecule has 0 aromatic heterocycles. The quantitative estimate of drug-likeness (QED) is 0.499. The number of hydrogen-bond donors (Lipinski definition) is 4. The van der Waals surface area contributed by atoms with Gasteiger partial charge in [0.25, 0.3) is 10.1 Å². The molecule has 1 unspecified atom stereocenters. The van der Waals surface area contributed by atoms with Crippen LogP contribution in [-0.2, 0) is 26.9 Å². The summed E-state index contributed by atoms with van der Waals surface area (Å²) in [7, 11) is -3.67. The highest BCUT2D eigenvalue weighted by molar-refractivity contribution is 7.85. The SMILES string of the molecule is CS(=O)(=O)O.Cc1cccc(C2(O)CCN(CC(O)c3ccc4c(c3)CCC(=O)N4)CC2)c1. The molecule has 1 atom stereocenters. The van der Waals surface area contributed by atoms with Crippen molar-refractivity contribution < 1.29 is 28.0 Å². The predicted molar refractivity (Wildman–Crippen MR) is 127 cm³/mol. The minimum atomic E-state index is -3.67. The van der Waals surface area contributed by atoms with Gasteiger partial charge in [-0.3, -0.25) is 9.35 Å². The number of β-amino-alcohol motifs (C(OH)–C–C–N with tert-alkyl or cyclic N) is 1. The average Bonchev–Trinajstić information content (AvgIpc) is 2.74. The number of aliphatic hydroxyl groups excluding tert-OH is 1. The molecule has 2 heterocycles. The Kier molecular flexibility index (Phi) is 7.92. The molecule has 1 fully saturated rings. The van der Waals surface area contributed by atoms with Gasteiger partial charge in [0.1, 0.15) is 0 Å². The summed E-state index contributed by atoms with van der Waals surface area (Å²) in [6, 6.07) is 13.9. The summed E-state index contributed by atoms with van der Waals surface area (Å²) in [4.78, 5) is 13.7.